The average molecular weight is 262 g/mol. The van der Waals surface area contributed by atoms with Crippen LogP contribution < -0.4 is 10.1 Å². The summed E-state index contributed by atoms with van der Waals surface area (Å²) in [6.45, 7) is 6.21. The Kier molecular flexibility index (Phi) is 3.35. The van der Waals surface area contributed by atoms with Gasteiger partial charge in [-0.25, -0.2) is 9.50 Å². The van der Waals surface area contributed by atoms with E-state index in [9.17, 15) is 0 Å². The molecule has 102 valence electrons. The van der Waals surface area contributed by atoms with E-state index >= 15 is 0 Å². The number of rotatable bonds is 3. The number of morpholine rings is 1. The highest BCUT2D eigenvalue weighted by molar-refractivity contribution is 5.56. The lowest BCUT2D eigenvalue weighted by atomic mass is 10.2. The Hall–Kier alpha value is -1.66. The minimum absolute atomic E-state index is 0.0647. The van der Waals surface area contributed by atoms with Crippen LogP contribution in [0.25, 0.3) is 5.52 Å². The second kappa shape index (κ2) is 5.14. The normalized spacial score (nSPS) is 23.7. The molecule has 0 aromatic carbocycles. The van der Waals surface area contributed by atoms with E-state index in [4.69, 9.17) is 9.47 Å². The van der Waals surface area contributed by atoms with Crippen LogP contribution in [0.2, 0.25) is 0 Å². The van der Waals surface area contributed by atoms with E-state index in [1.54, 1.807) is 10.7 Å². The van der Waals surface area contributed by atoms with Crippen LogP contribution in [0.5, 0.6) is 5.88 Å². The van der Waals surface area contributed by atoms with Gasteiger partial charge in [0.25, 0.3) is 0 Å². The third kappa shape index (κ3) is 2.69. The first-order valence-corrected chi connectivity index (χ1v) is 6.52. The molecule has 3 rings (SSSR count). The molecule has 1 aliphatic heterocycles. The highest BCUT2D eigenvalue weighted by Crippen LogP contribution is 2.17. The Balaban J connectivity index is 1.71. The average Bonchev–Trinajstić information content (AvgIpc) is 2.77. The van der Waals surface area contributed by atoms with Crippen LogP contribution in [-0.4, -0.2) is 46.5 Å². The van der Waals surface area contributed by atoms with Crippen molar-refractivity contribution in [3.8, 4) is 5.88 Å². The predicted molar refractivity (Wildman–Crippen MR) is 70.4 cm³/mol. The van der Waals surface area contributed by atoms with Crippen LogP contribution in [-0.2, 0) is 4.74 Å². The summed E-state index contributed by atoms with van der Waals surface area (Å²) in [5.74, 6) is 0.602. The van der Waals surface area contributed by atoms with E-state index < -0.39 is 0 Å². The largest absolute Gasteiger partial charge is 0.473 e. The summed E-state index contributed by atoms with van der Waals surface area (Å²) in [5.41, 5.74) is 1.83. The zero-order valence-corrected chi connectivity index (χ0v) is 11.2. The van der Waals surface area contributed by atoms with Gasteiger partial charge in [0.15, 0.2) is 0 Å². The molecule has 1 fully saturated rings. The van der Waals surface area contributed by atoms with E-state index in [-0.39, 0.29) is 12.2 Å². The van der Waals surface area contributed by atoms with Crippen molar-refractivity contribution in [2.75, 3.05) is 19.7 Å². The summed E-state index contributed by atoms with van der Waals surface area (Å²) in [4.78, 5) is 4.26. The topological polar surface area (TPSA) is 60.7 Å². The molecule has 2 aromatic heterocycles. The van der Waals surface area contributed by atoms with Gasteiger partial charge in [-0.2, -0.15) is 5.10 Å². The summed E-state index contributed by atoms with van der Waals surface area (Å²) in [7, 11) is 0. The second-order valence-electron chi connectivity index (χ2n) is 4.89. The van der Waals surface area contributed by atoms with Crippen LogP contribution in [0.1, 0.15) is 12.6 Å². The maximum atomic E-state index is 5.79. The fourth-order valence-electron chi connectivity index (χ4n) is 2.27. The zero-order chi connectivity index (χ0) is 13.2. The Morgan fingerprint density at radius 1 is 1.53 bits per heavy atom. The number of fused-ring (bicyclic) bond motifs is 1. The van der Waals surface area contributed by atoms with E-state index in [0.29, 0.717) is 12.5 Å². The van der Waals surface area contributed by atoms with Crippen molar-refractivity contribution < 1.29 is 9.47 Å². The predicted octanol–water partition coefficient (Wildman–Crippen LogP) is 0.793. The molecule has 0 aliphatic carbocycles. The van der Waals surface area contributed by atoms with Gasteiger partial charge in [-0.15, -0.1) is 0 Å². The molecular formula is C13H18N4O2. The molecule has 6 heteroatoms. The van der Waals surface area contributed by atoms with E-state index in [0.717, 1.165) is 24.3 Å². The first kappa shape index (κ1) is 12.4. The number of ether oxygens (including phenoxy) is 2. The molecule has 1 saturated heterocycles. The van der Waals surface area contributed by atoms with Crippen molar-refractivity contribution in [2.45, 2.75) is 26.1 Å². The van der Waals surface area contributed by atoms with Crippen molar-refractivity contribution in [1.29, 1.82) is 0 Å². The van der Waals surface area contributed by atoms with Crippen molar-refractivity contribution in [2.24, 2.45) is 0 Å². The Morgan fingerprint density at radius 2 is 2.42 bits per heavy atom. The number of hydrogen-bond acceptors (Lipinski definition) is 5. The molecule has 6 nitrogen and oxygen atoms in total. The van der Waals surface area contributed by atoms with Crippen LogP contribution in [0.3, 0.4) is 0 Å². The van der Waals surface area contributed by atoms with Crippen LogP contribution in [0.4, 0.5) is 0 Å². The number of aryl methyl sites for hydroxylation is 1. The monoisotopic (exact) mass is 262 g/mol. The van der Waals surface area contributed by atoms with Crippen LogP contribution in [0, 0.1) is 6.92 Å². The minimum Gasteiger partial charge on any atom is -0.473 e. The fourth-order valence-corrected chi connectivity index (χ4v) is 2.27. The molecular weight excluding hydrogens is 244 g/mol. The quantitative estimate of drug-likeness (QED) is 0.886. The maximum Gasteiger partial charge on any atom is 0.240 e. The van der Waals surface area contributed by atoms with Crippen LogP contribution >= 0.6 is 0 Å². The molecule has 0 bridgehead atoms. The molecule has 0 spiro atoms. The molecule has 2 unspecified atom stereocenters. The molecule has 1 aliphatic rings. The SMILES string of the molecule is Cc1cc2c(OCC3CNCC(C)O3)nccn2n1. The highest BCUT2D eigenvalue weighted by atomic mass is 16.5. The second-order valence-corrected chi connectivity index (χ2v) is 4.89. The molecule has 0 saturated carbocycles. The Labute approximate surface area is 111 Å². The summed E-state index contributed by atoms with van der Waals surface area (Å²) in [5, 5.41) is 7.65. The van der Waals surface area contributed by atoms with Gasteiger partial charge in [0.1, 0.15) is 18.2 Å². The lowest BCUT2D eigenvalue weighted by Crippen LogP contribution is -2.45. The van der Waals surface area contributed by atoms with Gasteiger partial charge in [-0.1, -0.05) is 0 Å². The van der Waals surface area contributed by atoms with E-state index in [2.05, 4.69) is 22.3 Å². The highest BCUT2D eigenvalue weighted by Gasteiger charge is 2.19. The van der Waals surface area contributed by atoms with Crippen LogP contribution in [0.15, 0.2) is 18.5 Å². The third-order valence-electron chi connectivity index (χ3n) is 3.11. The first-order chi connectivity index (χ1) is 9.22. The van der Waals surface area contributed by atoms with Crippen molar-refractivity contribution in [3.63, 3.8) is 0 Å². The lowest BCUT2D eigenvalue weighted by molar-refractivity contribution is -0.0474. The van der Waals surface area contributed by atoms with Gasteiger partial charge in [0.2, 0.25) is 5.88 Å². The van der Waals surface area contributed by atoms with E-state index in [1.165, 1.54) is 0 Å². The Bertz CT molecular complexity index is 569. The first-order valence-electron chi connectivity index (χ1n) is 6.52. The number of aromatic nitrogens is 3. The zero-order valence-electron chi connectivity index (χ0n) is 11.2. The van der Waals surface area contributed by atoms with Gasteiger partial charge >= 0.3 is 0 Å². The van der Waals surface area contributed by atoms with Crippen molar-refractivity contribution in [3.05, 3.63) is 24.2 Å². The summed E-state index contributed by atoms with van der Waals surface area (Å²) in [6.07, 6.45) is 3.80. The maximum absolute atomic E-state index is 5.79. The molecule has 3 heterocycles. The van der Waals surface area contributed by atoms with E-state index in [1.807, 2.05) is 19.2 Å². The molecule has 1 N–H and O–H groups in total. The van der Waals surface area contributed by atoms with Crippen molar-refractivity contribution in [1.82, 2.24) is 19.9 Å². The van der Waals surface area contributed by atoms with Gasteiger partial charge in [-0.3, -0.25) is 0 Å². The molecule has 2 atom stereocenters. The van der Waals surface area contributed by atoms with Gasteiger partial charge in [0, 0.05) is 25.5 Å². The molecule has 19 heavy (non-hydrogen) atoms. The smallest absolute Gasteiger partial charge is 0.240 e. The molecule has 2 aromatic rings. The lowest BCUT2D eigenvalue weighted by Gasteiger charge is -2.28. The van der Waals surface area contributed by atoms with Gasteiger partial charge in [0.05, 0.1) is 11.8 Å². The Morgan fingerprint density at radius 3 is 3.26 bits per heavy atom. The standard InChI is InChI=1S/C13H18N4O2/c1-9-5-12-13(15-3-4-17(12)16-9)18-8-11-7-14-6-10(2)19-11/h3-5,10-11,14H,6-8H2,1-2H3. The number of nitrogens with one attached hydrogen (secondary N) is 1. The summed E-state index contributed by atoms with van der Waals surface area (Å²) < 4.78 is 13.3. The minimum atomic E-state index is 0.0647. The van der Waals surface area contributed by atoms with Crippen molar-refractivity contribution >= 4 is 5.52 Å². The molecule has 0 amide bonds. The van der Waals surface area contributed by atoms with Gasteiger partial charge < -0.3 is 14.8 Å². The third-order valence-corrected chi connectivity index (χ3v) is 3.11. The van der Waals surface area contributed by atoms with Gasteiger partial charge in [-0.05, 0) is 19.9 Å². The fraction of sp³-hybridized carbons (Fsp3) is 0.538. The molecule has 0 radical (unpaired) electrons. The summed E-state index contributed by atoms with van der Waals surface area (Å²) >= 11 is 0. The number of nitrogens with zero attached hydrogens (tertiary/aromatic N) is 3. The summed E-state index contributed by atoms with van der Waals surface area (Å²) in [6, 6.07) is 1.96. The number of hydrogen-bond donors (Lipinski definition) is 1.